The van der Waals surface area contributed by atoms with Gasteiger partial charge in [-0.15, -0.1) is 0 Å². The molecule has 0 saturated carbocycles. The summed E-state index contributed by atoms with van der Waals surface area (Å²) in [5.41, 5.74) is 3.70. The minimum Gasteiger partial charge on any atom is -0.0837 e. The lowest BCUT2D eigenvalue weighted by molar-refractivity contribution is 1.04. The molecule has 0 atom stereocenters. The van der Waals surface area contributed by atoms with Crippen molar-refractivity contribution in [1.29, 1.82) is 0 Å². The van der Waals surface area contributed by atoms with Crippen molar-refractivity contribution >= 4 is 11.6 Å². The molecule has 0 saturated heterocycles. The zero-order valence-electron chi connectivity index (χ0n) is 8.58. The number of halogens is 1. The molecule has 1 aromatic carbocycles. The maximum atomic E-state index is 6.21. The third kappa shape index (κ3) is 2.25. The van der Waals surface area contributed by atoms with Crippen LogP contribution in [0.1, 0.15) is 37.5 Å². The molecule has 0 fully saturated rings. The van der Waals surface area contributed by atoms with Gasteiger partial charge in [0.15, 0.2) is 0 Å². The minimum absolute atomic E-state index is 0.919. The lowest BCUT2D eigenvalue weighted by Crippen LogP contribution is -1.94. The Bertz CT molecular complexity index is 264. The van der Waals surface area contributed by atoms with Crippen LogP contribution in [-0.2, 0) is 19.3 Å². The van der Waals surface area contributed by atoms with Crippen molar-refractivity contribution in [2.75, 3.05) is 0 Å². The van der Waals surface area contributed by atoms with E-state index in [1.807, 2.05) is 0 Å². The van der Waals surface area contributed by atoms with Crippen LogP contribution in [0.4, 0.5) is 0 Å². The Morgan fingerprint density at radius 1 is 1.15 bits per heavy atom. The molecule has 0 unspecified atom stereocenters. The van der Waals surface area contributed by atoms with Crippen LogP contribution < -0.4 is 0 Å². The van der Waals surface area contributed by atoms with E-state index in [0.717, 1.165) is 29.8 Å². The summed E-state index contributed by atoms with van der Waals surface area (Å²) in [5, 5.41) is 0.919. The van der Waals surface area contributed by atoms with E-state index in [4.69, 9.17) is 11.6 Å². The van der Waals surface area contributed by atoms with Gasteiger partial charge in [-0.05, 0) is 42.0 Å². The molecule has 0 aliphatic carbocycles. The highest BCUT2D eigenvalue weighted by atomic mass is 35.5. The molecule has 71 valence electrons. The lowest BCUT2D eigenvalue weighted by atomic mass is 10.0. The summed E-state index contributed by atoms with van der Waals surface area (Å²) < 4.78 is 0. The van der Waals surface area contributed by atoms with Crippen LogP contribution in [-0.4, -0.2) is 0 Å². The molecule has 0 amide bonds. The highest BCUT2D eigenvalue weighted by molar-refractivity contribution is 6.32. The molecule has 0 heterocycles. The third-order valence-electron chi connectivity index (χ3n) is 2.32. The monoisotopic (exact) mass is 195 g/mol. The van der Waals surface area contributed by atoms with Crippen molar-refractivity contribution in [2.45, 2.75) is 40.0 Å². The largest absolute Gasteiger partial charge is 0.0837 e. The Hall–Kier alpha value is -0.490. The van der Waals surface area contributed by atoms with Gasteiger partial charge in [0.05, 0.1) is 0 Å². The van der Waals surface area contributed by atoms with E-state index < -0.39 is 0 Å². The van der Waals surface area contributed by atoms with Crippen molar-refractivity contribution < 1.29 is 0 Å². The van der Waals surface area contributed by atoms with Crippen molar-refractivity contribution in [2.24, 2.45) is 0 Å². The van der Waals surface area contributed by atoms with Crippen molar-refractivity contribution in [1.82, 2.24) is 0 Å². The SMILES string of the molecule is CCc1[c]c(CC)c(Cl)c(CC)c1. The highest BCUT2D eigenvalue weighted by Gasteiger charge is 2.05. The van der Waals surface area contributed by atoms with Crippen LogP contribution in [0.25, 0.3) is 0 Å². The predicted octanol–water partition coefficient (Wildman–Crippen LogP) is 3.83. The van der Waals surface area contributed by atoms with Gasteiger partial charge < -0.3 is 0 Å². The molecule has 0 aliphatic rings. The van der Waals surface area contributed by atoms with Gasteiger partial charge in [-0.1, -0.05) is 38.4 Å². The molecule has 1 radical (unpaired) electrons. The van der Waals surface area contributed by atoms with Crippen LogP contribution in [0.3, 0.4) is 0 Å². The molecular formula is C12H16Cl. The van der Waals surface area contributed by atoms with Crippen LogP contribution >= 0.6 is 11.6 Å². The van der Waals surface area contributed by atoms with Gasteiger partial charge in [0.2, 0.25) is 0 Å². The Morgan fingerprint density at radius 3 is 2.31 bits per heavy atom. The summed E-state index contributed by atoms with van der Waals surface area (Å²) >= 11 is 6.21. The van der Waals surface area contributed by atoms with Crippen LogP contribution in [0.15, 0.2) is 6.07 Å². The first-order valence-electron chi connectivity index (χ1n) is 4.95. The number of aryl methyl sites for hydroxylation is 3. The van der Waals surface area contributed by atoms with Crippen molar-refractivity contribution in [3.63, 3.8) is 0 Å². The van der Waals surface area contributed by atoms with Gasteiger partial charge in [-0.25, -0.2) is 0 Å². The zero-order chi connectivity index (χ0) is 9.84. The number of hydrogen-bond donors (Lipinski definition) is 0. The molecule has 13 heavy (non-hydrogen) atoms. The first kappa shape index (κ1) is 10.6. The van der Waals surface area contributed by atoms with Gasteiger partial charge >= 0.3 is 0 Å². The normalized spacial score (nSPS) is 10.5. The van der Waals surface area contributed by atoms with E-state index in [-0.39, 0.29) is 0 Å². The molecule has 0 aromatic heterocycles. The zero-order valence-corrected chi connectivity index (χ0v) is 9.33. The topological polar surface area (TPSA) is 0 Å². The fraction of sp³-hybridized carbons (Fsp3) is 0.500. The second kappa shape index (κ2) is 4.66. The maximum Gasteiger partial charge on any atom is 0.0476 e. The molecule has 1 aromatic rings. The van der Waals surface area contributed by atoms with E-state index >= 15 is 0 Å². The summed E-state index contributed by atoms with van der Waals surface area (Å²) in [6.07, 6.45) is 3.02. The fourth-order valence-corrected chi connectivity index (χ4v) is 1.81. The average molecular weight is 196 g/mol. The van der Waals surface area contributed by atoms with Gasteiger partial charge in [-0.3, -0.25) is 0 Å². The third-order valence-corrected chi connectivity index (χ3v) is 2.79. The maximum absolute atomic E-state index is 6.21. The first-order chi connectivity index (χ1) is 6.22. The van der Waals surface area contributed by atoms with Crippen LogP contribution in [0.2, 0.25) is 5.02 Å². The van der Waals surface area contributed by atoms with E-state index in [1.54, 1.807) is 0 Å². The molecule has 0 spiro atoms. The average Bonchev–Trinajstić information content (AvgIpc) is 2.18. The fourth-order valence-electron chi connectivity index (χ4n) is 1.44. The van der Waals surface area contributed by atoms with Gasteiger partial charge in [0.25, 0.3) is 0 Å². The van der Waals surface area contributed by atoms with E-state index in [0.29, 0.717) is 0 Å². The van der Waals surface area contributed by atoms with Crippen molar-refractivity contribution in [3.8, 4) is 0 Å². The van der Waals surface area contributed by atoms with Crippen LogP contribution in [0, 0.1) is 6.07 Å². The van der Waals surface area contributed by atoms with E-state index in [1.165, 1.54) is 11.1 Å². The number of benzene rings is 1. The Labute approximate surface area is 85.9 Å². The Kier molecular flexibility index (Phi) is 3.80. The van der Waals surface area contributed by atoms with Crippen LogP contribution in [0.5, 0.6) is 0 Å². The van der Waals surface area contributed by atoms with E-state index in [2.05, 4.69) is 32.9 Å². The second-order valence-electron chi connectivity index (χ2n) is 3.17. The summed E-state index contributed by atoms with van der Waals surface area (Å²) in [6.45, 7) is 6.41. The molecule has 0 nitrogen and oxygen atoms in total. The quantitative estimate of drug-likeness (QED) is 0.688. The summed E-state index contributed by atoms with van der Waals surface area (Å²) in [6, 6.07) is 5.52. The predicted molar refractivity (Wildman–Crippen MR) is 58.4 cm³/mol. The molecule has 0 aliphatic heterocycles. The minimum atomic E-state index is 0.919. The standard InChI is InChI=1S/C12H16Cl/c1-4-9-7-10(5-2)12(13)11(6-3)8-9/h7H,4-6H2,1-3H3. The number of hydrogen-bond acceptors (Lipinski definition) is 0. The van der Waals surface area contributed by atoms with Crippen molar-refractivity contribution in [3.05, 3.63) is 33.8 Å². The molecule has 1 rings (SSSR count). The highest BCUT2D eigenvalue weighted by Crippen LogP contribution is 2.24. The lowest BCUT2D eigenvalue weighted by Gasteiger charge is -2.08. The smallest absolute Gasteiger partial charge is 0.0476 e. The summed E-state index contributed by atoms with van der Waals surface area (Å²) in [5.74, 6) is 0. The van der Waals surface area contributed by atoms with Gasteiger partial charge in [0, 0.05) is 5.02 Å². The Balaban J connectivity index is 3.20. The molecule has 0 N–H and O–H groups in total. The van der Waals surface area contributed by atoms with Gasteiger partial charge in [-0.2, -0.15) is 0 Å². The first-order valence-corrected chi connectivity index (χ1v) is 5.33. The molecule has 0 bridgehead atoms. The van der Waals surface area contributed by atoms with E-state index in [9.17, 15) is 0 Å². The molecular weight excluding hydrogens is 180 g/mol. The number of rotatable bonds is 3. The molecule has 1 heteroatoms. The summed E-state index contributed by atoms with van der Waals surface area (Å²) in [4.78, 5) is 0. The van der Waals surface area contributed by atoms with Gasteiger partial charge in [0.1, 0.15) is 0 Å². The summed E-state index contributed by atoms with van der Waals surface area (Å²) in [7, 11) is 0. The second-order valence-corrected chi connectivity index (χ2v) is 3.55. The Morgan fingerprint density at radius 2 is 1.85 bits per heavy atom.